The number of benzene rings is 2. The van der Waals surface area contributed by atoms with Crippen LogP contribution in [0.2, 0.25) is 0 Å². The Morgan fingerprint density at radius 2 is 1.97 bits per heavy atom. The van der Waals surface area contributed by atoms with Crippen LogP contribution in [0.15, 0.2) is 73.2 Å². The van der Waals surface area contributed by atoms with Crippen molar-refractivity contribution in [1.29, 1.82) is 0 Å². The number of carbonyl (C=O) groups excluding carboxylic acids is 1. The fraction of sp³-hybridized carbons (Fsp3) is 0.0435. The third-order valence-electron chi connectivity index (χ3n) is 4.73. The van der Waals surface area contributed by atoms with Crippen molar-refractivity contribution in [2.75, 3.05) is 10.6 Å². The van der Waals surface area contributed by atoms with E-state index in [0.29, 0.717) is 16.4 Å². The molecule has 32 heavy (non-hydrogen) atoms. The quantitative estimate of drug-likeness (QED) is 0.383. The van der Waals surface area contributed by atoms with E-state index in [0.717, 1.165) is 27.3 Å². The Bertz CT molecular complexity index is 1430. The number of amides is 1. The van der Waals surface area contributed by atoms with Crippen LogP contribution in [-0.2, 0) is 0 Å². The van der Waals surface area contributed by atoms with E-state index in [-0.39, 0.29) is 11.7 Å². The number of anilines is 3. The Morgan fingerprint density at radius 1 is 1.06 bits per heavy atom. The number of rotatable bonds is 5. The number of hydrogen-bond acceptors (Lipinski definition) is 6. The maximum absolute atomic E-state index is 13.4. The third kappa shape index (κ3) is 4.19. The average molecular weight is 444 g/mol. The first-order valence-corrected chi connectivity index (χ1v) is 10.6. The highest BCUT2D eigenvalue weighted by molar-refractivity contribution is 7.22. The summed E-state index contributed by atoms with van der Waals surface area (Å²) in [5.74, 6) is -0.521. The molecule has 0 saturated carbocycles. The van der Waals surface area contributed by atoms with Crippen molar-refractivity contribution in [2.24, 2.45) is 0 Å². The summed E-state index contributed by atoms with van der Waals surface area (Å²) >= 11 is 1.36. The van der Waals surface area contributed by atoms with Gasteiger partial charge in [-0.2, -0.15) is 5.10 Å². The topological polar surface area (TPSA) is 84.7 Å². The van der Waals surface area contributed by atoms with Gasteiger partial charge in [-0.1, -0.05) is 17.4 Å². The minimum absolute atomic E-state index is 0.232. The lowest BCUT2D eigenvalue weighted by molar-refractivity contribution is 0.102. The number of nitrogens with one attached hydrogen (secondary N) is 2. The Morgan fingerprint density at radius 3 is 2.81 bits per heavy atom. The van der Waals surface area contributed by atoms with E-state index < -0.39 is 0 Å². The largest absolute Gasteiger partial charge is 0.329 e. The lowest BCUT2D eigenvalue weighted by Gasteiger charge is -2.07. The summed E-state index contributed by atoms with van der Waals surface area (Å²) in [5, 5.41) is 11.1. The van der Waals surface area contributed by atoms with Crippen LogP contribution in [0.25, 0.3) is 15.9 Å². The van der Waals surface area contributed by atoms with Gasteiger partial charge in [0.25, 0.3) is 5.91 Å². The van der Waals surface area contributed by atoms with Gasteiger partial charge in [-0.25, -0.2) is 14.1 Å². The molecule has 2 N–H and O–H groups in total. The first-order valence-electron chi connectivity index (χ1n) is 9.76. The SMILES string of the molecule is Cc1ccc(NC(=O)c2cccc(-n3cc(Nc4nc5ccc(F)cc5s4)cn3)c2)cn1. The zero-order valence-electron chi connectivity index (χ0n) is 16.9. The van der Waals surface area contributed by atoms with Crippen LogP contribution in [0.3, 0.4) is 0 Å². The zero-order chi connectivity index (χ0) is 22.1. The summed E-state index contributed by atoms with van der Waals surface area (Å²) < 4.78 is 15.8. The van der Waals surface area contributed by atoms with Gasteiger partial charge in [0.05, 0.1) is 45.9 Å². The molecule has 0 atom stereocenters. The second-order valence-corrected chi connectivity index (χ2v) is 8.15. The highest BCUT2D eigenvalue weighted by Crippen LogP contribution is 2.29. The van der Waals surface area contributed by atoms with Crippen LogP contribution in [0.4, 0.5) is 20.9 Å². The lowest BCUT2D eigenvalue weighted by atomic mass is 10.2. The second kappa shape index (κ2) is 8.20. The Balaban J connectivity index is 1.33. The molecule has 0 bridgehead atoms. The van der Waals surface area contributed by atoms with Crippen LogP contribution < -0.4 is 10.6 Å². The van der Waals surface area contributed by atoms with Crippen molar-refractivity contribution >= 4 is 44.0 Å². The smallest absolute Gasteiger partial charge is 0.255 e. The molecule has 0 saturated heterocycles. The minimum atomic E-state index is -0.289. The standard InChI is InChI=1S/C23H17FN6OS/c1-14-5-7-17(11-25-14)27-22(31)15-3-2-4-19(9-15)30-13-18(12-26-30)28-23-29-20-8-6-16(24)10-21(20)32-23/h2-13H,1H3,(H,27,31)(H,28,29). The lowest BCUT2D eigenvalue weighted by Crippen LogP contribution is -2.12. The van der Waals surface area contributed by atoms with Crippen molar-refractivity contribution in [1.82, 2.24) is 19.7 Å². The minimum Gasteiger partial charge on any atom is -0.329 e. The summed E-state index contributed by atoms with van der Waals surface area (Å²) in [6, 6.07) is 15.3. The van der Waals surface area contributed by atoms with Gasteiger partial charge in [0.1, 0.15) is 5.82 Å². The Hall–Kier alpha value is -4.11. The molecule has 158 valence electrons. The van der Waals surface area contributed by atoms with Gasteiger partial charge in [-0.05, 0) is 55.5 Å². The van der Waals surface area contributed by atoms with E-state index in [2.05, 4.69) is 25.7 Å². The molecule has 9 heteroatoms. The maximum atomic E-state index is 13.4. The highest BCUT2D eigenvalue weighted by Gasteiger charge is 2.10. The summed E-state index contributed by atoms with van der Waals surface area (Å²) in [4.78, 5) is 21.3. The zero-order valence-corrected chi connectivity index (χ0v) is 17.7. The summed E-state index contributed by atoms with van der Waals surface area (Å²) in [5.41, 5.74) is 4.21. The Labute approximate surface area is 186 Å². The Kier molecular flexibility index (Phi) is 5.08. The van der Waals surface area contributed by atoms with Crippen LogP contribution in [0.1, 0.15) is 16.1 Å². The molecule has 7 nitrogen and oxygen atoms in total. The molecule has 3 aromatic heterocycles. The van der Waals surface area contributed by atoms with Crippen LogP contribution in [0, 0.1) is 12.7 Å². The second-order valence-electron chi connectivity index (χ2n) is 7.12. The predicted molar refractivity (Wildman–Crippen MR) is 123 cm³/mol. The van der Waals surface area contributed by atoms with E-state index in [1.807, 2.05) is 25.1 Å². The van der Waals surface area contributed by atoms with E-state index in [1.165, 1.54) is 23.5 Å². The summed E-state index contributed by atoms with van der Waals surface area (Å²) in [6.07, 6.45) is 5.09. The van der Waals surface area contributed by atoms with Crippen molar-refractivity contribution < 1.29 is 9.18 Å². The number of hydrogen-bond donors (Lipinski definition) is 2. The number of carbonyl (C=O) groups is 1. The number of thiazole rings is 1. The number of nitrogens with zero attached hydrogens (tertiary/aromatic N) is 4. The van der Waals surface area contributed by atoms with E-state index >= 15 is 0 Å². The van der Waals surface area contributed by atoms with E-state index in [1.54, 1.807) is 47.5 Å². The van der Waals surface area contributed by atoms with Crippen LogP contribution >= 0.6 is 11.3 Å². The van der Waals surface area contributed by atoms with Crippen LogP contribution in [0.5, 0.6) is 0 Å². The molecule has 0 aliphatic carbocycles. The number of pyridine rings is 1. The molecule has 0 spiro atoms. The molecule has 2 aromatic carbocycles. The monoisotopic (exact) mass is 444 g/mol. The van der Waals surface area contributed by atoms with Gasteiger partial charge < -0.3 is 10.6 Å². The average Bonchev–Trinajstić information content (AvgIpc) is 3.42. The molecule has 0 radical (unpaired) electrons. The molecule has 0 fully saturated rings. The van der Waals surface area contributed by atoms with Gasteiger partial charge in [0, 0.05) is 11.3 Å². The van der Waals surface area contributed by atoms with Gasteiger partial charge in [0.15, 0.2) is 5.13 Å². The molecule has 1 amide bonds. The number of aromatic nitrogens is 4. The molecule has 0 unspecified atom stereocenters. The number of aryl methyl sites for hydroxylation is 1. The van der Waals surface area contributed by atoms with Crippen LogP contribution in [-0.4, -0.2) is 25.7 Å². The molecule has 0 aliphatic rings. The highest BCUT2D eigenvalue weighted by atomic mass is 32.1. The molecule has 5 aromatic rings. The normalized spacial score (nSPS) is 10.9. The van der Waals surface area contributed by atoms with Gasteiger partial charge in [0.2, 0.25) is 0 Å². The van der Waals surface area contributed by atoms with Crippen molar-refractivity contribution in [3.63, 3.8) is 0 Å². The fourth-order valence-electron chi connectivity index (χ4n) is 3.14. The third-order valence-corrected chi connectivity index (χ3v) is 5.66. The van der Waals surface area contributed by atoms with Gasteiger partial charge in [-0.15, -0.1) is 0 Å². The van der Waals surface area contributed by atoms with Crippen molar-refractivity contribution in [3.05, 3.63) is 90.3 Å². The molecule has 3 heterocycles. The molecular weight excluding hydrogens is 427 g/mol. The molecule has 0 aliphatic heterocycles. The predicted octanol–water partition coefficient (Wildman–Crippen LogP) is 5.32. The van der Waals surface area contributed by atoms with E-state index in [4.69, 9.17) is 0 Å². The summed E-state index contributed by atoms with van der Waals surface area (Å²) in [6.45, 7) is 1.89. The number of fused-ring (bicyclic) bond motifs is 1. The first kappa shape index (κ1) is 19.8. The van der Waals surface area contributed by atoms with Crippen molar-refractivity contribution in [2.45, 2.75) is 6.92 Å². The van der Waals surface area contributed by atoms with Gasteiger partial charge >= 0.3 is 0 Å². The molecule has 5 rings (SSSR count). The fourth-order valence-corrected chi connectivity index (χ4v) is 4.05. The first-order chi connectivity index (χ1) is 15.5. The van der Waals surface area contributed by atoms with E-state index in [9.17, 15) is 9.18 Å². The molecular formula is C23H17FN6OS. The maximum Gasteiger partial charge on any atom is 0.255 e. The number of halogens is 1. The van der Waals surface area contributed by atoms with Crippen molar-refractivity contribution in [3.8, 4) is 5.69 Å². The summed E-state index contributed by atoms with van der Waals surface area (Å²) in [7, 11) is 0. The van der Waals surface area contributed by atoms with Gasteiger partial charge in [-0.3, -0.25) is 9.78 Å².